The minimum atomic E-state index is 0.726. The average molecular weight is 483 g/mol. The van der Waals surface area contributed by atoms with Gasteiger partial charge in [0.2, 0.25) is 0 Å². The number of aromatic amines is 1. The molecule has 0 aliphatic heterocycles. The molecule has 8 heteroatoms. The number of methoxy groups -OCH3 is 3. The molecular formula is C27H22N4O3S. The van der Waals surface area contributed by atoms with Gasteiger partial charge in [0.25, 0.3) is 0 Å². The van der Waals surface area contributed by atoms with E-state index in [0.29, 0.717) is 0 Å². The standard InChI is InChI=1S/C27H22N4O3S/c1-32-18-8-9-22-20(10-18)21(13-29-22)24-14-28-15-31(24)17-6-4-16(5-7-17)27-30-23-11-19(33-2)12-25(34-3)26(23)35-27/h4-15,29H,1-3H3. The van der Waals surface area contributed by atoms with Crippen molar-refractivity contribution < 1.29 is 14.2 Å². The number of hydrogen-bond donors (Lipinski definition) is 1. The Morgan fingerprint density at radius 2 is 1.71 bits per heavy atom. The number of imidazole rings is 1. The Morgan fingerprint density at radius 3 is 2.49 bits per heavy atom. The molecule has 0 aliphatic carbocycles. The van der Waals surface area contributed by atoms with E-state index in [1.54, 1.807) is 32.7 Å². The molecule has 0 saturated carbocycles. The number of rotatable bonds is 6. The maximum atomic E-state index is 5.55. The van der Waals surface area contributed by atoms with Crippen molar-refractivity contribution in [1.29, 1.82) is 0 Å². The first-order valence-corrected chi connectivity index (χ1v) is 11.8. The van der Waals surface area contributed by atoms with Gasteiger partial charge in [-0.1, -0.05) is 0 Å². The number of nitrogens with zero attached hydrogens (tertiary/aromatic N) is 3. The zero-order valence-corrected chi connectivity index (χ0v) is 20.2. The SMILES string of the molecule is COc1cc(OC)c2sc(-c3ccc(-n4cncc4-c4c[nH]c5ccc(OC)cc45)cc3)nc2c1. The Morgan fingerprint density at radius 1 is 0.886 bits per heavy atom. The number of benzene rings is 3. The molecule has 3 heterocycles. The average Bonchev–Trinajstić information content (AvgIpc) is 3.65. The van der Waals surface area contributed by atoms with Crippen LogP contribution in [0, 0.1) is 0 Å². The highest BCUT2D eigenvalue weighted by atomic mass is 32.1. The van der Waals surface area contributed by atoms with Crippen molar-refractivity contribution in [2.24, 2.45) is 0 Å². The lowest BCUT2D eigenvalue weighted by atomic mass is 10.1. The second-order valence-electron chi connectivity index (χ2n) is 8.01. The van der Waals surface area contributed by atoms with Gasteiger partial charge in [-0.05, 0) is 42.5 Å². The molecule has 0 spiro atoms. The van der Waals surface area contributed by atoms with Crippen molar-refractivity contribution in [3.8, 4) is 44.8 Å². The lowest BCUT2D eigenvalue weighted by Crippen LogP contribution is -1.94. The Hall–Kier alpha value is -4.30. The predicted molar refractivity (Wildman–Crippen MR) is 139 cm³/mol. The van der Waals surface area contributed by atoms with E-state index in [1.165, 1.54) is 0 Å². The molecule has 0 amide bonds. The number of nitrogens with one attached hydrogen (secondary N) is 1. The second kappa shape index (κ2) is 8.48. The van der Waals surface area contributed by atoms with Gasteiger partial charge in [-0.2, -0.15) is 0 Å². The van der Waals surface area contributed by atoms with Crippen LogP contribution in [-0.4, -0.2) is 40.8 Å². The third-order valence-electron chi connectivity index (χ3n) is 6.08. The van der Waals surface area contributed by atoms with Crippen LogP contribution in [-0.2, 0) is 0 Å². The summed E-state index contributed by atoms with van der Waals surface area (Å²) in [7, 11) is 4.98. The maximum Gasteiger partial charge on any atom is 0.142 e. The number of thiazole rings is 1. The fraction of sp³-hybridized carbons (Fsp3) is 0.111. The van der Waals surface area contributed by atoms with E-state index >= 15 is 0 Å². The highest BCUT2D eigenvalue weighted by molar-refractivity contribution is 7.22. The quantitative estimate of drug-likeness (QED) is 0.301. The Labute approximate surface area is 205 Å². The van der Waals surface area contributed by atoms with E-state index < -0.39 is 0 Å². The zero-order chi connectivity index (χ0) is 23.9. The van der Waals surface area contributed by atoms with Crippen molar-refractivity contribution >= 4 is 32.5 Å². The summed E-state index contributed by atoms with van der Waals surface area (Å²) in [5.41, 5.74) is 6.01. The second-order valence-corrected chi connectivity index (χ2v) is 9.01. The van der Waals surface area contributed by atoms with Gasteiger partial charge in [0.05, 0.1) is 49.8 Å². The largest absolute Gasteiger partial charge is 0.497 e. The van der Waals surface area contributed by atoms with Gasteiger partial charge in [0.15, 0.2) is 0 Å². The van der Waals surface area contributed by atoms with Gasteiger partial charge in [0.1, 0.15) is 22.3 Å². The van der Waals surface area contributed by atoms with Gasteiger partial charge >= 0.3 is 0 Å². The molecule has 0 unspecified atom stereocenters. The van der Waals surface area contributed by atoms with E-state index in [2.05, 4.69) is 38.8 Å². The first-order valence-electron chi connectivity index (χ1n) is 11.0. The molecule has 0 radical (unpaired) electrons. The highest BCUT2D eigenvalue weighted by Gasteiger charge is 2.15. The lowest BCUT2D eigenvalue weighted by molar-refractivity contribution is 0.398. The number of fused-ring (bicyclic) bond motifs is 2. The molecule has 3 aromatic carbocycles. The van der Waals surface area contributed by atoms with Gasteiger partial charge in [0, 0.05) is 46.0 Å². The van der Waals surface area contributed by atoms with E-state index in [0.717, 1.165) is 65.9 Å². The molecule has 0 saturated heterocycles. The zero-order valence-electron chi connectivity index (χ0n) is 19.4. The maximum absolute atomic E-state index is 5.55. The van der Waals surface area contributed by atoms with Crippen molar-refractivity contribution in [2.75, 3.05) is 21.3 Å². The van der Waals surface area contributed by atoms with E-state index in [4.69, 9.17) is 19.2 Å². The Balaban J connectivity index is 1.37. The molecule has 6 aromatic rings. The van der Waals surface area contributed by atoms with Crippen molar-refractivity contribution in [3.63, 3.8) is 0 Å². The molecule has 0 atom stereocenters. The number of ether oxygens (including phenoxy) is 3. The summed E-state index contributed by atoms with van der Waals surface area (Å²) in [6.07, 6.45) is 5.72. The normalized spacial score (nSPS) is 11.3. The summed E-state index contributed by atoms with van der Waals surface area (Å²) in [5.74, 6) is 2.31. The highest BCUT2D eigenvalue weighted by Crippen LogP contribution is 2.39. The van der Waals surface area contributed by atoms with Crippen LogP contribution < -0.4 is 14.2 Å². The van der Waals surface area contributed by atoms with Crippen molar-refractivity contribution in [3.05, 3.63) is 73.3 Å². The summed E-state index contributed by atoms with van der Waals surface area (Å²) < 4.78 is 19.4. The molecule has 6 rings (SSSR count). The lowest BCUT2D eigenvalue weighted by Gasteiger charge is -2.09. The van der Waals surface area contributed by atoms with Crippen molar-refractivity contribution in [1.82, 2.24) is 19.5 Å². The molecule has 0 bridgehead atoms. The van der Waals surface area contributed by atoms with Crippen LogP contribution in [0.15, 0.2) is 73.3 Å². The van der Waals surface area contributed by atoms with Crippen molar-refractivity contribution in [2.45, 2.75) is 0 Å². The number of hydrogen-bond acceptors (Lipinski definition) is 6. The molecule has 7 nitrogen and oxygen atoms in total. The smallest absolute Gasteiger partial charge is 0.142 e. The molecule has 3 aromatic heterocycles. The van der Waals surface area contributed by atoms with Crippen LogP contribution in [0.5, 0.6) is 17.2 Å². The first kappa shape index (κ1) is 21.2. The summed E-state index contributed by atoms with van der Waals surface area (Å²) in [5, 5.41) is 2.01. The van der Waals surface area contributed by atoms with Crippen LogP contribution in [0.3, 0.4) is 0 Å². The summed E-state index contributed by atoms with van der Waals surface area (Å²) >= 11 is 1.60. The molecular weight excluding hydrogens is 460 g/mol. The molecule has 1 N–H and O–H groups in total. The van der Waals surface area contributed by atoms with E-state index in [1.807, 2.05) is 49.1 Å². The minimum absolute atomic E-state index is 0.726. The third-order valence-corrected chi connectivity index (χ3v) is 7.22. The van der Waals surface area contributed by atoms with Crippen LogP contribution in [0.25, 0.3) is 48.6 Å². The van der Waals surface area contributed by atoms with Gasteiger partial charge in [-0.15, -0.1) is 11.3 Å². The summed E-state index contributed by atoms with van der Waals surface area (Å²) in [6.45, 7) is 0. The monoisotopic (exact) mass is 482 g/mol. The summed E-state index contributed by atoms with van der Waals surface area (Å²) in [4.78, 5) is 12.6. The van der Waals surface area contributed by atoms with Crippen LogP contribution >= 0.6 is 11.3 Å². The molecule has 0 aliphatic rings. The van der Waals surface area contributed by atoms with E-state index in [9.17, 15) is 0 Å². The first-order chi connectivity index (χ1) is 17.2. The number of H-pyrrole nitrogens is 1. The van der Waals surface area contributed by atoms with Crippen LogP contribution in [0.1, 0.15) is 0 Å². The Kier molecular flexibility index (Phi) is 5.15. The number of aromatic nitrogens is 4. The third kappa shape index (κ3) is 3.59. The Bertz CT molecular complexity index is 1660. The van der Waals surface area contributed by atoms with Crippen LogP contribution in [0.4, 0.5) is 0 Å². The van der Waals surface area contributed by atoms with E-state index in [-0.39, 0.29) is 0 Å². The molecule has 0 fully saturated rings. The predicted octanol–water partition coefficient (Wildman–Crippen LogP) is 6.32. The topological polar surface area (TPSA) is 74.2 Å². The molecule has 174 valence electrons. The van der Waals surface area contributed by atoms with Crippen LogP contribution in [0.2, 0.25) is 0 Å². The van der Waals surface area contributed by atoms with Gasteiger partial charge in [-0.25, -0.2) is 9.97 Å². The summed E-state index contributed by atoms with van der Waals surface area (Å²) in [6, 6.07) is 18.2. The fourth-order valence-electron chi connectivity index (χ4n) is 4.27. The minimum Gasteiger partial charge on any atom is -0.497 e. The van der Waals surface area contributed by atoms with Gasteiger partial charge in [-0.3, -0.25) is 4.57 Å². The molecule has 35 heavy (non-hydrogen) atoms. The van der Waals surface area contributed by atoms with Gasteiger partial charge < -0.3 is 19.2 Å². The fourth-order valence-corrected chi connectivity index (χ4v) is 5.32.